The van der Waals surface area contributed by atoms with Gasteiger partial charge in [-0.3, -0.25) is 0 Å². The van der Waals surface area contributed by atoms with Crippen molar-refractivity contribution in [2.24, 2.45) is 10.8 Å². The highest BCUT2D eigenvalue weighted by Crippen LogP contribution is 2.22. The van der Waals surface area contributed by atoms with Crippen molar-refractivity contribution >= 4 is 11.9 Å². The van der Waals surface area contributed by atoms with Crippen LogP contribution in [0.1, 0.15) is 20.7 Å². The molecule has 0 heterocycles. The molecule has 12 heteroatoms. The Hall–Kier alpha value is -3.10. The highest BCUT2D eigenvalue weighted by molar-refractivity contribution is 5.96. The summed E-state index contributed by atoms with van der Waals surface area (Å²) in [6.07, 6.45) is 0. The van der Waals surface area contributed by atoms with E-state index in [2.05, 4.69) is 0 Å². The van der Waals surface area contributed by atoms with E-state index in [0.717, 1.165) is 0 Å². The topological polar surface area (TPSA) is 214 Å². The normalized spacial score (nSPS) is 11.4. The van der Waals surface area contributed by atoms with Gasteiger partial charge in [-0.15, -0.1) is 0 Å². The minimum atomic E-state index is -1.19. The molecular formula is C24H32O12. The van der Waals surface area contributed by atoms with Gasteiger partial charge in [0.1, 0.15) is 22.6 Å². The van der Waals surface area contributed by atoms with Crippen LogP contribution in [0.4, 0.5) is 0 Å². The lowest BCUT2D eigenvalue weighted by molar-refractivity contribution is -0.103. The molecular weight excluding hydrogens is 480 g/mol. The van der Waals surface area contributed by atoms with E-state index in [4.69, 9.17) is 45.2 Å². The molecule has 2 aromatic rings. The minimum Gasteiger partial charge on any atom is -0.507 e. The first-order valence-electron chi connectivity index (χ1n) is 10.7. The number of phenols is 1. The summed E-state index contributed by atoms with van der Waals surface area (Å²) in [5.74, 6) is -2.30. The lowest BCUT2D eigenvalue weighted by Crippen LogP contribution is -2.43. The Kier molecular flexibility index (Phi) is 13.0. The zero-order chi connectivity index (χ0) is 27.2. The number of para-hydroxylation sites is 2. The number of hydrogen-bond acceptors (Lipinski definition) is 11. The smallest absolute Gasteiger partial charge is 0.347 e. The predicted octanol–water partition coefficient (Wildman–Crippen LogP) is -0.761. The van der Waals surface area contributed by atoms with Crippen molar-refractivity contribution in [1.82, 2.24) is 0 Å². The van der Waals surface area contributed by atoms with E-state index in [-0.39, 0.29) is 35.8 Å². The van der Waals surface area contributed by atoms with Crippen molar-refractivity contribution in [3.8, 4) is 11.5 Å². The number of carboxylic acids is 1. The van der Waals surface area contributed by atoms with Crippen molar-refractivity contribution in [3.05, 3.63) is 59.7 Å². The largest absolute Gasteiger partial charge is 0.507 e. The SMILES string of the molecule is O=C(Oc1ccccc1C(=O)O)c1ccccc1O.OCC(CO)(CO)COCC(CO)(CO)CO. The van der Waals surface area contributed by atoms with Crippen LogP contribution in [0.15, 0.2) is 48.5 Å². The van der Waals surface area contributed by atoms with E-state index >= 15 is 0 Å². The summed E-state index contributed by atoms with van der Waals surface area (Å²) < 4.78 is 10.1. The van der Waals surface area contributed by atoms with E-state index in [1.54, 1.807) is 18.2 Å². The van der Waals surface area contributed by atoms with E-state index in [0.29, 0.717) is 0 Å². The minimum absolute atomic E-state index is 0.0253. The second-order valence-corrected chi connectivity index (χ2v) is 8.15. The van der Waals surface area contributed by atoms with Crippen molar-refractivity contribution in [2.75, 3.05) is 52.9 Å². The monoisotopic (exact) mass is 512 g/mol. The molecule has 0 aliphatic rings. The third kappa shape index (κ3) is 8.53. The average molecular weight is 513 g/mol. The maximum atomic E-state index is 11.8. The number of aliphatic hydroxyl groups is 6. The summed E-state index contributed by atoms with van der Waals surface area (Å²) in [6.45, 7) is -3.01. The molecule has 0 radical (unpaired) electrons. The van der Waals surface area contributed by atoms with Gasteiger partial charge in [-0.2, -0.15) is 0 Å². The quantitative estimate of drug-likeness (QED) is 0.123. The summed E-state index contributed by atoms with van der Waals surface area (Å²) in [7, 11) is 0. The Balaban J connectivity index is 0.000000363. The van der Waals surface area contributed by atoms with E-state index in [9.17, 15) is 14.7 Å². The molecule has 0 spiro atoms. The number of carbonyl (C=O) groups excluding carboxylic acids is 1. The lowest BCUT2D eigenvalue weighted by atomic mass is 9.91. The molecule has 8 N–H and O–H groups in total. The summed E-state index contributed by atoms with van der Waals surface area (Å²) in [4.78, 5) is 22.8. The maximum Gasteiger partial charge on any atom is 0.347 e. The van der Waals surface area contributed by atoms with Crippen LogP contribution < -0.4 is 4.74 Å². The van der Waals surface area contributed by atoms with Crippen LogP contribution in [-0.2, 0) is 4.74 Å². The third-order valence-corrected chi connectivity index (χ3v) is 5.27. The molecule has 0 atom stereocenters. The van der Waals surface area contributed by atoms with Gasteiger partial charge >= 0.3 is 11.9 Å². The molecule has 0 saturated carbocycles. The molecule has 0 unspecified atom stereocenters. The molecule has 0 aliphatic heterocycles. The summed E-state index contributed by atoms with van der Waals surface area (Å²) in [6, 6.07) is 11.7. The van der Waals surface area contributed by atoms with Crippen molar-refractivity contribution in [2.45, 2.75) is 0 Å². The number of carbonyl (C=O) groups is 2. The molecule has 0 aromatic heterocycles. The summed E-state index contributed by atoms with van der Waals surface area (Å²) >= 11 is 0. The number of rotatable bonds is 13. The summed E-state index contributed by atoms with van der Waals surface area (Å²) in [5, 5.41) is 72.7. The molecule has 0 amide bonds. The van der Waals surface area contributed by atoms with Crippen LogP contribution >= 0.6 is 0 Å². The first-order chi connectivity index (χ1) is 17.2. The fraction of sp³-hybridized carbons (Fsp3) is 0.417. The molecule has 36 heavy (non-hydrogen) atoms. The first kappa shape index (κ1) is 30.9. The molecule has 2 aromatic carbocycles. The number of aliphatic hydroxyl groups excluding tert-OH is 6. The zero-order valence-corrected chi connectivity index (χ0v) is 19.5. The molecule has 0 saturated heterocycles. The number of ether oxygens (including phenoxy) is 2. The standard InChI is InChI=1S/C14H10O5.C10H22O7/c15-11-7-3-1-5-9(11)14(18)19-12-8-4-2-6-10(12)13(16)17;11-1-9(2-12,3-13)7-17-8-10(4-14,5-15)6-16/h1-8,15H,(H,16,17);11-16H,1-8H2. The zero-order valence-electron chi connectivity index (χ0n) is 19.5. The number of carboxylic acid groups (broad SMARTS) is 1. The number of benzene rings is 2. The molecule has 0 aliphatic carbocycles. The fourth-order valence-electron chi connectivity index (χ4n) is 2.59. The van der Waals surface area contributed by atoms with Crippen molar-refractivity contribution in [3.63, 3.8) is 0 Å². The lowest BCUT2D eigenvalue weighted by Gasteiger charge is -2.31. The van der Waals surface area contributed by atoms with Crippen molar-refractivity contribution in [1.29, 1.82) is 0 Å². The molecule has 0 bridgehead atoms. The molecule has 2 rings (SSSR count). The Morgan fingerprint density at radius 1 is 0.667 bits per heavy atom. The highest BCUT2D eigenvalue weighted by atomic mass is 16.5. The highest BCUT2D eigenvalue weighted by Gasteiger charge is 2.32. The van der Waals surface area contributed by atoms with Crippen molar-refractivity contribution < 1.29 is 59.9 Å². The van der Waals surface area contributed by atoms with Gasteiger partial charge in [0.2, 0.25) is 0 Å². The van der Waals surface area contributed by atoms with E-state index in [1.807, 2.05) is 0 Å². The molecule has 200 valence electrons. The Labute approximate surface area is 207 Å². The average Bonchev–Trinajstić information content (AvgIpc) is 2.90. The number of hydrogen-bond donors (Lipinski definition) is 8. The Morgan fingerprint density at radius 2 is 1.08 bits per heavy atom. The Morgan fingerprint density at radius 3 is 1.50 bits per heavy atom. The van der Waals surface area contributed by atoms with Gasteiger partial charge in [0, 0.05) is 0 Å². The van der Waals surface area contributed by atoms with Crippen LogP contribution in [0, 0.1) is 10.8 Å². The number of aromatic carboxylic acids is 1. The van der Waals surface area contributed by atoms with Crippen LogP contribution in [0.25, 0.3) is 0 Å². The van der Waals surface area contributed by atoms with Gasteiger partial charge in [0.15, 0.2) is 0 Å². The van der Waals surface area contributed by atoms with E-state index < -0.39 is 62.4 Å². The predicted molar refractivity (Wildman–Crippen MR) is 125 cm³/mol. The second-order valence-electron chi connectivity index (χ2n) is 8.15. The first-order valence-corrected chi connectivity index (χ1v) is 10.7. The van der Waals surface area contributed by atoms with Crippen LogP contribution in [-0.4, -0.2) is 106 Å². The number of aromatic hydroxyl groups is 1. The fourth-order valence-corrected chi connectivity index (χ4v) is 2.59. The number of esters is 1. The number of phenolic OH excluding ortho intramolecular Hbond substituents is 1. The molecule has 0 fully saturated rings. The maximum absolute atomic E-state index is 11.8. The van der Waals surface area contributed by atoms with E-state index in [1.165, 1.54) is 30.3 Å². The molecule has 12 nitrogen and oxygen atoms in total. The third-order valence-electron chi connectivity index (χ3n) is 5.27. The van der Waals surface area contributed by atoms with Gasteiger partial charge in [0.05, 0.1) is 63.7 Å². The van der Waals surface area contributed by atoms with Gasteiger partial charge in [-0.05, 0) is 24.3 Å². The van der Waals surface area contributed by atoms with Gasteiger partial charge in [0.25, 0.3) is 0 Å². The van der Waals surface area contributed by atoms with Gasteiger partial charge in [-0.25, -0.2) is 9.59 Å². The Bertz CT molecular complexity index is 917. The van der Waals surface area contributed by atoms with Gasteiger partial charge in [-0.1, -0.05) is 24.3 Å². The van der Waals surface area contributed by atoms with Crippen LogP contribution in [0.2, 0.25) is 0 Å². The van der Waals surface area contributed by atoms with Crippen LogP contribution in [0.3, 0.4) is 0 Å². The summed E-state index contributed by atoms with van der Waals surface area (Å²) in [5.41, 5.74) is -2.47. The van der Waals surface area contributed by atoms with Crippen LogP contribution in [0.5, 0.6) is 11.5 Å². The van der Waals surface area contributed by atoms with Gasteiger partial charge < -0.3 is 50.3 Å². The second kappa shape index (κ2) is 15.1.